The minimum absolute atomic E-state index is 0.312. The lowest BCUT2D eigenvalue weighted by Gasteiger charge is -2.03. The van der Waals surface area contributed by atoms with Gasteiger partial charge < -0.3 is 10.5 Å². The zero-order valence-corrected chi connectivity index (χ0v) is 13.3. The number of halogens is 2. The van der Waals surface area contributed by atoms with E-state index in [4.69, 9.17) is 33.7 Å². The largest absolute Gasteiger partial charge is 0.462 e. The van der Waals surface area contributed by atoms with Gasteiger partial charge in [0.15, 0.2) is 0 Å². The molecule has 0 aliphatic carbocycles. The Hall–Kier alpha value is -1.23. The van der Waals surface area contributed by atoms with Gasteiger partial charge in [0.2, 0.25) is 0 Å². The van der Waals surface area contributed by atoms with Crippen molar-refractivity contribution >= 4 is 46.2 Å². The first-order chi connectivity index (χ1) is 9.45. The second-order valence-corrected chi connectivity index (χ2v) is 6.01. The molecule has 0 aliphatic heterocycles. The van der Waals surface area contributed by atoms with E-state index < -0.39 is 5.97 Å². The number of hydrogen-bond acceptors (Lipinski definition) is 4. The van der Waals surface area contributed by atoms with Crippen LogP contribution in [0.2, 0.25) is 10.0 Å². The van der Waals surface area contributed by atoms with Crippen molar-refractivity contribution in [3.8, 4) is 10.4 Å². The third-order valence-electron chi connectivity index (χ3n) is 2.83. The first-order valence-corrected chi connectivity index (χ1v) is 7.54. The van der Waals surface area contributed by atoms with Crippen molar-refractivity contribution in [2.24, 2.45) is 0 Å². The normalized spacial score (nSPS) is 10.6. The fourth-order valence-corrected chi connectivity index (χ4v) is 3.52. The van der Waals surface area contributed by atoms with Gasteiger partial charge in [-0.2, -0.15) is 0 Å². The van der Waals surface area contributed by atoms with Crippen LogP contribution in [-0.4, -0.2) is 12.6 Å². The van der Waals surface area contributed by atoms with E-state index in [0.29, 0.717) is 27.2 Å². The standard InChI is InChI=1S/C14H13Cl2NO2S/c1-3-19-14(18)13-11(17)7(2)12(20-13)9-5-4-8(15)6-10(9)16/h4-6H,3,17H2,1-2H3. The summed E-state index contributed by atoms with van der Waals surface area (Å²) in [6, 6.07) is 5.23. The Labute approximate surface area is 131 Å². The minimum atomic E-state index is -0.408. The molecule has 106 valence electrons. The van der Waals surface area contributed by atoms with Gasteiger partial charge >= 0.3 is 5.97 Å². The number of nitrogens with two attached hydrogens (primary N) is 1. The number of anilines is 1. The topological polar surface area (TPSA) is 52.3 Å². The lowest BCUT2D eigenvalue weighted by atomic mass is 10.1. The number of esters is 1. The van der Waals surface area contributed by atoms with Gasteiger partial charge in [-0.15, -0.1) is 11.3 Å². The molecular weight excluding hydrogens is 317 g/mol. The van der Waals surface area contributed by atoms with Crippen LogP contribution in [-0.2, 0) is 4.74 Å². The molecule has 2 aromatic rings. The quantitative estimate of drug-likeness (QED) is 0.823. The van der Waals surface area contributed by atoms with E-state index >= 15 is 0 Å². The summed E-state index contributed by atoms with van der Waals surface area (Å²) in [4.78, 5) is 13.1. The van der Waals surface area contributed by atoms with E-state index in [9.17, 15) is 4.79 Å². The van der Waals surface area contributed by atoms with E-state index in [1.807, 2.05) is 13.0 Å². The van der Waals surface area contributed by atoms with E-state index in [1.54, 1.807) is 19.1 Å². The molecule has 0 aliphatic rings. The molecule has 2 N–H and O–H groups in total. The molecule has 0 spiro atoms. The van der Waals surface area contributed by atoms with Crippen molar-refractivity contribution in [3.05, 3.63) is 38.7 Å². The molecule has 6 heteroatoms. The summed E-state index contributed by atoms with van der Waals surface area (Å²) in [5.41, 5.74) is 8.06. The van der Waals surface area contributed by atoms with Gasteiger partial charge in [0.05, 0.1) is 17.3 Å². The van der Waals surface area contributed by atoms with Crippen LogP contribution in [0.3, 0.4) is 0 Å². The Morgan fingerprint density at radius 1 is 1.40 bits per heavy atom. The van der Waals surface area contributed by atoms with Gasteiger partial charge in [0.25, 0.3) is 0 Å². The summed E-state index contributed by atoms with van der Waals surface area (Å²) in [5.74, 6) is -0.408. The predicted octanol–water partition coefficient (Wildman–Crippen LogP) is 4.79. The number of ether oxygens (including phenoxy) is 1. The molecule has 1 aromatic carbocycles. The molecule has 0 fully saturated rings. The van der Waals surface area contributed by atoms with E-state index in [1.165, 1.54) is 11.3 Å². The summed E-state index contributed by atoms with van der Waals surface area (Å²) in [5, 5.41) is 1.09. The zero-order valence-electron chi connectivity index (χ0n) is 11.0. The van der Waals surface area contributed by atoms with Gasteiger partial charge in [0.1, 0.15) is 4.88 Å². The van der Waals surface area contributed by atoms with Crippen molar-refractivity contribution in [1.29, 1.82) is 0 Å². The highest BCUT2D eigenvalue weighted by Crippen LogP contribution is 2.41. The summed E-state index contributed by atoms with van der Waals surface area (Å²) in [7, 11) is 0. The van der Waals surface area contributed by atoms with E-state index in [2.05, 4.69) is 0 Å². The average Bonchev–Trinajstić information content (AvgIpc) is 2.67. The molecule has 0 unspecified atom stereocenters. The molecule has 0 bridgehead atoms. The lowest BCUT2D eigenvalue weighted by molar-refractivity contribution is 0.0533. The van der Waals surface area contributed by atoms with Crippen molar-refractivity contribution in [2.75, 3.05) is 12.3 Å². The number of carbonyl (C=O) groups is 1. The fraction of sp³-hybridized carbons (Fsp3) is 0.214. The molecule has 20 heavy (non-hydrogen) atoms. The van der Waals surface area contributed by atoms with Crippen LogP contribution >= 0.6 is 34.5 Å². The smallest absolute Gasteiger partial charge is 0.350 e. The maximum atomic E-state index is 11.9. The molecule has 2 rings (SSSR count). The second kappa shape index (κ2) is 6.04. The molecule has 1 heterocycles. The van der Waals surface area contributed by atoms with Crippen LogP contribution in [0.4, 0.5) is 5.69 Å². The molecule has 0 amide bonds. The molecule has 0 saturated carbocycles. The first kappa shape index (κ1) is 15.2. The van der Waals surface area contributed by atoms with Crippen LogP contribution in [0.5, 0.6) is 0 Å². The average molecular weight is 330 g/mol. The molecule has 0 atom stereocenters. The number of hydrogen-bond donors (Lipinski definition) is 1. The van der Waals surface area contributed by atoms with E-state index in [-0.39, 0.29) is 0 Å². The molecular formula is C14H13Cl2NO2S. The highest BCUT2D eigenvalue weighted by molar-refractivity contribution is 7.18. The van der Waals surface area contributed by atoms with Crippen LogP contribution in [0.25, 0.3) is 10.4 Å². The molecule has 1 aromatic heterocycles. The molecule has 3 nitrogen and oxygen atoms in total. The number of thiophene rings is 1. The summed E-state index contributed by atoms with van der Waals surface area (Å²) in [6.45, 7) is 3.92. The minimum Gasteiger partial charge on any atom is -0.462 e. The number of rotatable bonds is 3. The first-order valence-electron chi connectivity index (χ1n) is 5.97. The maximum absolute atomic E-state index is 11.9. The van der Waals surface area contributed by atoms with Gasteiger partial charge in [-0.3, -0.25) is 0 Å². The Morgan fingerprint density at radius 3 is 2.70 bits per heavy atom. The fourth-order valence-electron chi connectivity index (χ4n) is 1.81. The Balaban J connectivity index is 2.53. The number of carbonyl (C=O) groups excluding carboxylic acids is 1. The highest BCUT2D eigenvalue weighted by atomic mass is 35.5. The predicted molar refractivity (Wildman–Crippen MR) is 84.9 cm³/mol. The molecule has 0 radical (unpaired) electrons. The van der Waals surface area contributed by atoms with Gasteiger partial charge in [-0.1, -0.05) is 29.3 Å². The van der Waals surface area contributed by atoms with Crippen molar-refractivity contribution < 1.29 is 9.53 Å². The Bertz CT molecular complexity index is 667. The van der Waals surface area contributed by atoms with Crippen LogP contribution in [0.1, 0.15) is 22.2 Å². The molecule has 0 saturated heterocycles. The second-order valence-electron chi connectivity index (χ2n) is 4.14. The van der Waals surface area contributed by atoms with Crippen molar-refractivity contribution in [1.82, 2.24) is 0 Å². The number of benzene rings is 1. The lowest BCUT2D eigenvalue weighted by Crippen LogP contribution is -2.05. The van der Waals surface area contributed by atoms with Crippen molar-refractivity contribution in [2.45, 2.75) is 13.8 Å². The summed E-state index contributed by atoms with van der Waals surface area (Å²) in [6.07, 6.45) is 0. The zero-order chi connectivity index (χ0) is 14.9. The highest BCUT2D eigenvalue weighted by Gasteiger charge is 2.21. The van der Waals surface area contributed by atoms with Crippen LogP contribution in [0, 0.1) is 6.92 Å². The van der Waals surface area contributed by atoms with Gasteiger partial charge in [0, 0.05) is 15.5 Å². The Kier molecular flexibility index (Phi) is 4.58. The monoisotopic (exact) mass is 329 g/mol. The van der Waals surface area contributed by atoms with Crippen LogP contribution < -0.4 is 5.73 Å². The number of nitrogen functional groups attached to an aromatic ring is 1. The van der Waals surface area contributed by atoms with Crippen LogP contribution in [0.15, 0.2) is 18.2 Å². The third kappa shape index (κ3) is 2.77. The maximum Gasteiger partial charge on any atom is 0.350 e. The van der Waals surface area contributed by atoms with E-state index in [0.717, 1.165) is 16.0 Å². The van der Waals surface area contributed by atoms with Crippen molar-refractivity contribution in [3.63, 3.8) is 0 Å². The third-order valence-corrected chi connectivity index (χ3v) is 4.70. The summed E-state index contributed by atoms with van der Waals surface area (Å²) >= 11 is 13.4. The summed E-state index contributed by atoms with van der Waals surface area (Å²) < 4.78 is 5.00. The van der Waals surface area contributed by atoms with Gasteiger partial charge in [-0.25, -0.2) is 4.79 Å². The Morgan fingerprint density at radius 2 is 2.10 bits per heavy atom. The SMILES string of the molecule is CCOC(=O)c1sc(-c2ccc(Cl)cc2Cl)c(C)c1N. The van der Waals surface area contributed by atoms with Gasteiger partial charge in [-0.05, 0) is 31.5 Å².